The number of anilines is 1. The Morgan fingerprint density at radius 3 is 2.65 bits per heavy atom. The van der Waals surface area contributed by atoms with Gasteiger partial charge in [0.25, 0.3) is 5.91 Å². The van der Waals surface area contributed by atoms with E-state index in [9.17, 15) is 9.59 Å². The van der Waals surface area contributed by atoms with Gasteiger partial charge in [0.05, 0.1) is 7.11 Å². The molecule has 0 saturated heterocycles. The number of halogens is 2. The minimum atomic E-state index is -0.541. The van der Waals surface area contributed by atoms with Gasteiger partial charge in [-0.3, -0.25) is 4.79 Å². The van der Waals surface area contributed by atoms with Crippen molar-refractivity contribution in [3.8, 4) is 11.1 Å². The highest BCUT2D eigenvalue weighted by atomic mass is 79.9. The number of esters is 1. The Hall–Kier alpha value is -2.09. The van der Waals surface area contributed by atoms with Gasteiger partial charge in [-0.2, -0.15) is 0 Å². The van der Waals surface area contributed by atoms with Crippen LogP contribution in [-0.4, -0.2) is 19.0 Å². The number of carbonyl (C=O) groups is 2. The summed E-state index contributed by atoms with van der Waals surface area (Å²) >= 11 is 10.5. The van der Waals surface area contributed by atoms with E-state index in [1.807, 2.05) is 13.0 Å². The molecule has 0 saturated carbocycles. The smallest absolute Gasteiger partial charge is 0.341 e. The van der Waals surface area contributed by atoms with Gasteiger partial charge in [0.1, 0.15) is 10.6 Å². The highest BCUT2D eigenvalue weighted by Crippen LogP contribution is 2.41. The average molecular weight is 455 g/mol. The molecule has 0 bridgehead atoms. The highest BCUT2D eigenvalue weighted by Gasteiger charge is 2.26. The summed E-state index contributed by atoms with van der Waals surface area (Å²) in [6.07, 6.45) is 0. The van der Waals surface area contributed by atoms with Crippen molar-refractivity contribution in [2.24, 2.45) is 0 Å². The Kier molecular flexibility index (Phi) is 5.50. The predicted octanol–water partition coefficient (Wildman–Crippen LogP) is 5.77. The number of benzene rings is 1. The van der Waals surface area contributed by atoms with Crippen LogP contribution in [0.15, 0.2) is 45.5 Å². The normalized spacial score (nSPS) is 10.6. The van der Waals surface area contributed by atoms with Crippen LogP contribution < -0.4 is 5.32 Å². The average Bonchev–Trinajstić information content (AvgIpc) is 3.17. The number of aryl methyl sites for hydroxylation is 1. The Labute approximate surface area is 167 Å². The summed E-state index contributed by atoms with van der Waals surface area (Å²) in [5.74, 6) is -0.872. The first-order valence-electron chi connectivity index (χ1n) is 7.45. The fourth-order valence-corrected chi connectivity index (χ4v) is 4.08. The van der Waals surface area contributed by atoms with Crippen molar-refractivity contribution in [1.82, 2.24) is 0 Å². The number of thiophene rings is 1. The fraction of sp³-hybridized carbons (Fsp3) is 0.111. The minimum Gasteiger partial charge on any atom is -0.465 e. The maximum atomic E-state index is 12.4. The first-order valence-corrected chi connectivity index (χ1v) is 9.43. The van der Waals surface area contributed by atoms with Gasteiger partial charge in [0.2, 0.25) is 0 Å². The van der Waals surface area contributed by atoms with Crippen LogP contribution in [0.1, 0.15) is 25.8 Å². The lowest BCUT2D eigenvalue weighted by Gasteiger charge is -2.08. The van der Waals surface area contributed by atoms with Crippen LogP contribution in [0.3, 0.4) is 0 Å². The molecular weight excluding hydrogens is 442 g/mol. The molecule has 8 heteroatoms. The van der Waals surface area contributed by atoms with E-state index in [1.54, 1.807) is 24.3 Å². The molecule has 0 radical (unpaired) electrons. The van der Waals surface area contributed by atoms with Gasteiger partial charge in [-0.1, -0.05) is 23.7 Å². The van der Waals surface area contributed by atoms with Gasteiger partial charge in [0, 0.05) is 15.5 Å². The summed E-state index contributed by atoms with van der Waals surface area (Å²) in [5.41, 5.74) is 1.74. The zero-order valence-corrected chi connectivity index (χ0v) is 16.9. The molecule has 0 aliphatic heterocycles. The summed E-state index contributed by atoms with van der Waals surface area (Å²) in [4.78, 5) is 25.7. The molecule has 2 aromatic heterocycles. The molecule has 2 heterocycles. The van der Waals surface area contributed by atoms with E-state index in [4.69, 9.17) is 20.8 Å². The molecule has 134 valence electrons. The molecule has 0 aliphatic rings. The second-order valence-electron chi connectivity index (χ2n) is 5.30. The third-order valence-corrected chi connectivity index (χ3v) is 5.29. The zero-order chi connectivity index (χ0) is 18.8. The van der Waals surface area contributed by atoms with E-state index in [0.29, 0.717) is 20.3 Å². The van der Waals surface area contributed by atoms with Crippen LogP contribution in [-0.2, 0) is 4.74 Å². The van der Waals surface area contributed by atoms with Crippen LogP contribution in [0.2, 0.25) is 5.02 Å². The Morgan fingerprint density at radius 1 is 1.27 bits per heavy atom. The lowest BCUT2D eigenvalue weighted by atomic mass is 10.0. The lowest BCUT2D eigenvalue weighted by Crippen LogP contribution is -2.13. The van der Waals surface area contributed by atoms with E-state index in [2.05, 4.69) is 21.2 Å². The van der Waals surface area contributed by atoms with Crippen molar-refractivity contribution in [3.63, 3.8) is 0 Å². The van der Waals surface area contributed by atoms with Crippen LogP contribution in [0.4, 0.5) is 5.00 Å². The first kappa shape index (κ1) is 18.7. The molecular formula is C18H13BrClNO4S. The molecule has 0 aliphatic carbocycles. The van der Waals surface area contributed by atoms with E-state index in [0.717, 1.165) is 10.4 Å². The lowest BCUT2D eigenvalue weighted by molar-refractivity contribution is 0.0603. The number of ether oxygens (including phenoxy) is 1. The van der Waals surface area contributed by atoms with Gasteiger partial charge in [-0.15, -0.1) is 11.3 Å². The Bertz CT molecular complexity index is 995. The molecule has 0 unspecified atom stereocenters. The molecule has 1 amide bonds. The third kappa shape index (κ3) is 3.70. The van der Waals surface area contributed by atoms with Gasteiger partial charge in [-0.25, -0.2) is 4.79 Å². The number of carbonyl (C=O) groups excluding carboxylic acids is 2. The predicted molar refractivity (Wildman–Crippen MR) is 105 cm³/mol. The largest absolute Gasteiger partial charge is 0.465 e. The monoisotopic (exact) mass is 453 g/mol. The summed E-state index contributed by atoms with van der Waals surface area (Å²) in [5, 5.41) is 3.67. The molecule has 0 fully saturated rings. The number of amides is 1. The number of hydrogen-bond acceptors (Lipinski definition) is 5. The number of rotatable bonds is 4. The van der Waals surface area contributed by atoms with Crippen molar-refractivity contribution < 1.29 is 18.7 Å². The van der Waals surface area contributed by atoms with Crippen molar-refractivity contribution in [2.45, 2.75) is 6.92 Å². The zero-order valence-electron chi connectivity index (χ0n) is 13.8. The van der Waals surface area contributed by atoms with Crippen molar-refractivity contribution in [3.05, 3.63) is 62.3 Å². The maximum Gasteiger partial charge on any atom is 0.341 e. The summed E-state index contributed by atoms with van der Waals surface area (Å²) in [6, 6.07) is 10.3. The van der Waals surface area contributed by atoms with Crippen LogP contribution >= 0.6 is 38.9 Å². The second-order valence-corrected chi connectivity index (χ2v) is 7.74. The number of hydrogen-bond donors (Lipinski definition) is 1. The fourth-order valence-electron chi connectivity index (χ4n) is 2.52. The van der Waals surface area contributed by atoms with E-state index < -0.39 is 11.9 Å². The van der Waals surface area contributed by atoms with Gasteiger partial charge in [0.15, 0.2) is 10.4 Å². The van der Waals surface area contributed by atoms with Crippen LogP contribution in [0.5, 0.6) is 0 Å². The molecule has 0 atom stereocenters. The van der Waals surface area contributed by atoms with Crippen molar-refractivity contribution in [2.75, 3.05) is 12.4 Å². The molecule has 1 N–H and O–H groups in total. The molecule has 3 aromatic rings. The maximum absolute atomic E-state index is 12.4. The standard InChI is InChI=1S/C18H13BrClNO4S/c1-9-14(10-4-3-5-11(20)8-10)15(18(23)24-2)17(26-9)21-16(22)12-6-7-13(19)25-12/h3-8H,1-2H3,(H,21,22). The molecule has 1 aromatic carbocycles. The first-order chi connectivity index (χ1) is 12.4. The van der Waals surface area contributed by atoms with Crippen molar-refractivity contribution in [1.29, 1.82) is 0 Å². The summed E-state index contributed by atoms with van der Waals surface area (Å²) in [6.45, 7) is 1.87. The van der Waals surface area contributed by atoms with Gasteiger partial charge in [-0.05, 0) is 52.7 Å². The van der Waals surface area contributed by atoms with Crippen molar-refractivity contribution >= 4 is 55.7 Å². The van der Waals surface area contributed by atoms with Gasteiger partial charge < -0.3 is 14.5 Å². The van der Waals surface area contributed by atoms with E-state index in [-0.39, 0.29) is 11.3 Å². The quantitative estimate of drug-likeness (QED) is 0.508. The molecule has 3 rings (SSSR count). The Balaban J connectivity index is 2.07. The molecule has 5 nitrogen and oxygen atoms in total. The number of methoxy groups -OCH3 is 1. The summed E-state index contributed by atoms with van der Waals surface area (Å²) < 4.78 is 10.6. The highest BCUT2D eigenvalue weighted by molar-refractivity contribution is 9.10. The van der Waals surface area contributed by atoms with Crippen LogP contribution in [0.25, 0.3) is 11.1 Å². The minimum absolute atomic E-state index is 0.128. The topological polar surface area (TPSA) is 68.5 Å². The van der Waals surface area contributed by atoms with Gasteiger partial charge >= 0.3 is 5.97 Å². The second kappa shape index (κ2) is 7.65. The van der Waals surface area contributed by atoms with E-state index in [1.165, 1.54) is 24.5 Å². The SMILES string of the molecule is COC(=O)c1c(NC(=O)c2ccc(Br)o2)sc(C)c1-c1cccc(Cl)c1. The molecule has 0 spiro atoms. The molecule has 26 heavy (non-hydrogen) atoms. The Morgan fingerprint density at radius 2 is 2.04 bits per heavy atom. The summed E-state index contributed by atoms with van der Waals surface area (Å²) in [7, 11) is 1.30. The number of furan rings is 1. The number of nitrogens with one attached hydrogen (secondary N) is 1. The third-order valence-electron chi connectivity index (χ3n) is 3.61. The van der Waals surface area contributed by atoms with Crippen LogP contribution in [0, 0.1) is 6.92 Å². The van der Waals surface area contributed by atoms with E-state index >= 15 is 0 Å².